The maximum absolute atomic E-state index is 12.9. The predicted octanol–water partition coefficient (Wildman–Crippen LogP) is 5.22. The van der Waals surface area contributed by atoms with Crippen LogP contribution in [0.5, 0.6) is 0 Å². The summed E-state index contributed by atoms with van der Waals surface area (Å²) < 4.78 is 39.5. The van der Waals surface area contributed by atoms with Crippen molar-refractivity contribution in [3.8, 4) is 0 Å². The van der Waals surface area contributed by atoms with Gasteiger partial charge in [0.1, 0.15) is 0 Å². The molecule has 0 aliphatic heterocycles. The zero-order valence-electron chi connectivity index (χ0n) is 11.2. The first-order valence-corrected chi connectivity index (χ1v) is 10.7. The van der Waals surface area contributed by atoms with Gasteiger partial charge < -0.3 is 0 Å². The fourth-order valence-electron chi connectivity index (χ4n) is 1.62. The van der Waals surface area contributed by atoms with Gasteiger partial charge in [0.15, 0.2) is 0 Å². The van der Waals surface area contributed by atoms with Crippen molar-refractivity contribution in [2.24, 2.45) is 0 Å². The fraction of sp³-hybridized carbons (Fsp3) is 0.462. The maximum atomic E-state index is 12.9. The van der Waals surface area contributed by atoms with Crippen molar-refractivity contribution in [1.82, 2.24) is 0 Å². The molecule has 0 atom stereocenters. The van der Waals surface area contributed by atoms with Crippen molar-refractivity contribution in [1.29, 1.82) is 0 Å². The Bertz CT molecular complexity index is 489. The zero-order valence-corrected chi connectivity index (χ0v) is 14.1. The number of carbonyl (C=O) groups excluding carboxylic acids is 1. The van der Waals surface area contributed by atoms with Crippen LogP contribution in [0.25, 0.3) is 0 Å². The number of carbonyl (C=O) groups is 1. The van der Waals surface area contributed by atoms with Gasteiger partial charge in [-0.05, 0) is 0 Å². The molecule has 1 rings (SSSR count). The second-order valence-corrected chi connectivity index (χ2v) is 10.1. The third kappa shape index (κ3) is 4.25. The number of halogens is 5. The van der Waals surface area contributed by atoms with Gasteiger partial charge in [0.2, 0.25) is 0 Å². The predicted molar refractivity (Wildman–Crippen MR) is 80.5 cm³/mol. The van der Waals surface area contributed by atoms with Crippen molar-refractivity contribution < 1.29 is 22.7 Å². The topological polar surface area (TPSA) is 26.3 Å². The van der Waals surface area contributed by atoms with Gasteiger partial charge in [-0.3, -0.25) is 0 Å². The molecule has 0 amide bonds. The van der Waals surface area contributed by atoms with Crippen LogP contribution in [-0.2, 0) is 15.1 Å². The molecule has 0 radical (unpaired) electrons. The van der Waals surface area contributed by atoms with Gasteiger partial charge in [0.05, 0.1) is 0 Å². The molecule has 0 saturated carbocycles. The number of benzene rings is 1. The average molecular weight is 423 g/mol. The molecule has 0 N–H and O–H groups in total. The first kappa shape index (κ1) is 17.6. The molecule has 114 valence electrons. The molecule has 1 aromatic carbocycles. The van der Waals surface area contributed by atoms with Crippen molar-refractivity contribution in [3.05, 3.63) is 33.4 Å². The number of esters is 1. The Kier molecular flexibility index (Phi) is 5.71. The average Bonchev–Trinajstić information content (AvgIpc) is 2.36. The number of rotatable bonds is 4. The first-order valence-electron chi connectivity index (χ1n) is 5.84. The Labute approximate surface area is 126 Å². The van der Waals surface area contributed by atoms with Gasteiger partial charge >= 0.3 is 127 Å². The Morgan fingerprint density at radius 2 is 1.85 bits per heavy atom. The van der Waals surface area contributed by atoms with Crippen LogP contribution in [-0.4, -0.2) is 10.2 Å². The molecule has 0 fully saturated rings. The summed E-state index contributed by atoms with van der Waals surface area (Å²) in [4.78, 5) is 11.4. The normalized spacial score (nSPS) is 13.1. The van der Waals surface area contributed by atoms with E-state index in [1.54, 1.807) is 26.8 Å². The number of hydrogen-bond acceptors (Lipinski definition) is 2. The van der Waals surface area contributed by atoms with E-state index in [-0.39, 0.29) is 9.99 Å². The first-order chi connectivity index (χ1) is 9.09. The third-order valence-electron chi connectivity index (χ3n) is 2.55. The minimum absolute atomic E-state index is 0.0553. The van der Waals surface area contributed by atoms with E-state index in [9.17, 15) is 18.0 Å². The monoisotopic (exact) mass is 422 g/mol. The van der Waals surface area contributed by atoms with Crippen LogP contribution in [0.2, 0.25) is 0 Å². The van der Waals surface area contributed by atoms with Crippen molar-refractivity contribution in [3.63, 3.8) is 0 Å². The molecule has 7 heteroatoms. The Morgan fingerprint density at radius 1 is 1.30 bits per heavy atom. The van der Waals surface area contributed by atoms with Crippen LogP contribution >= 0.6 is 27.6 Å². The van der Waals surface area contributed by atoms with Gasteiger partial charge in [0, 0.05) is 0 Å². The summed E-state index contributed by atoms with van der Waals surface area (Å²) in [5, 5.41) is 0. The molecule has 0 unspecified atom stereocenters. The van der Waals surface area contributed by atoms with Gasteiger partial charge in [-0.2, -0.15) is 0 Å². The van der Waals surface area contributed by atoms with Gasteiger partial charge in [0.25, 0.3) is 0 Å². The van der Waals surface area contributed by atoms with Crippen LogP contribution in [0.1, 0.15) is 32.8 Å². The summed E-state index contributed by atoms with van der Waals surface area (Å²) in [6.07, 6.45) is 0.161. The van der Waals surface area contributed by atoms with Crippen LogP contribution < -0.4 is 0 Å². The minimum atomic E-state index is -4.41. The van der Waals surface area contributed by atoms with Crippen LogP contribution in [0.15, 0.2) is 24.3 Å². The molecule has 0 aliphatic rings. The Morgan fingerprint density at radius 3 is 2.35 bits per heavy atom. The molecule has 0 aliphatic carbocycles. The van der Waals surface area contributed by atoms with E-state index in [0.29, 0.717) is 5.56 Å². The molecule has 0 saturated heterocycles. The zero-order chi connectivity index (χ0) is 15.6. The molecule has 1 aromatic rings. The van der Waals surface area contributed by atoms with E-state index in [0.717, 1.165) is 0 Å². The van der Waals surface area contributed by atoms with Crippen LogP contribution in [0.3, 0.4) is 0 Å². The summed E-state index contributed by atoms with van der Waals surface area (Å²) >= 11 is -3.86. The Balaban J connectivity index is 3.22. The number of ether oxygens (including phenoxy) is 1. The second kappa shape index (κ2) is 6.51. The standard InChI is InChI=1S/C13H15ClF3IO2/c1-4-11(19)20-12(2,3)9-7-5-6-8-10(9)18(14)13(15,16)17/h5-8H,4H2,1-3H3. The molecule has 20 heavy (non-hydrogen) atoms. The van der Waals surface area contributed by atoms with E-state index in [2.05, 4.69) is 0 Å². The van der Waals surface area contributed by atoms with E-state index < -0.39 is 34.4 Å². The second-order valence-electron chi connectivity index (χ2n) is 4.48. The number of alkyl halides is 4. The molecule has 0 aromatic heterocycles. The summed E-state index contributed by atoms with van der Waals surface area (Å²) in [7, 11) is 5.66. The molecule has 0 bridgehead atoms. The van der Waals surface area contributed by atoms with Crippen LogP contribution in [0, 0.1) is 3.57 Å². The summed E-state index contributed by atoms with van der Waals surface area (Å²) in [5.41, 5.74) is -0.821. The van der Waals surface area contributed by atoms with E-state index in [4.69, 9.17) is 13.6 Å². The van der Waals surface area contributed by atoms with Crippen molar-refractivity contribution in [2.75, 3.05) is 0 Å². The summed E-state index contributed by atoms with van der Waals surface area (Å²) in [5.74, 6) is -0.466. The van der Waals surface area contributed by atoms with E-state index in [1.165, 1.54) is 18.2 Å². The fourth-order valence-corrected chi connectivity index (χ4v) is 4.98. The summed E-state index contributed by atoms with van der Waals surface area (Å²) in [6.45, 7) is 4.76. The van der Waals surface area contributed by atoms with Crippen molar-refractivity contribution >= 4 is 33.6 Å². The quantitative estimate of drug-likeness (QED) is 0.378. The molecule has 0 heterocycles. The molecular weight excluding hydrogens is 407 g/mol. The third-order valence-corrected chi connectivity index (χ3v) is 7.70. The number of hydrogen-bond donors (Lipinski definition) is 0. The van der Waals surface area contributed by atoms with Gasteiger partial charge in [-0.1, -0.05) is 0 Å². The van der Waals surface area contributed by atoms with E-state index >= 15 is 0 Å². The SMILES string of the molecule is CCC(=O)OC(C)(C)c1ccccc1I(Cl)C(F)(F)F. The summed E-state index contributed by atoms with van der Waals surface area (Å²) in [6, 6.07) is 6.01. The Hall–Kier alpha value is -0.500. The molecule has 0 spiro atoms. The molecular formula is C13H15ClF3IO2. The van der Waals surface area contributed by atoms with Gasteiger partial charge in [-0.25, -0.2) is 0 Å². The van der Waals surface area contributed by atoms with E-state index in [1.807, 2.05) is 0 Å². The van der Waals surface area contributed by atoms with Crippen molar-refractivity contribution in [2.45, 2.75) is 37.0 Å². The van der Waals surface area contributed by atoms with Gasteiger partial charge in [-0.15, -0.1) is 0 Å². The van der Waals surface area contributed by atoms with Crippen LogP contribution in [0.4, 0.5) is 13.2 Å². The molecule has 2 nitrogen and oxygen atoms in total.